The van der Waals surface area contributed by atoms with Gasteiger partial charge >= 0.3 is 0 Å². The standard InChI is InChI=1S/C12H17N3O2/c1-8-4-6-14-7-10(8)17-12-9(11(13)16)3-2-5-15-12/h2-3,5,8,10,14H,4,6-7H2,1H3,(H2,13,16). The van der Waals surface area contributed by atoms with E-state index in [0.717, 1.165) is 19.5 Å². The second-order valence-corrected chi connectivity index (χ2v) is 4.35. The Bertz CT molecular complexity index is 408. The van der Waals surface area contributed by atoms with Crippen molar-refractivity contribution in [2.24, 2.45) is 11.7 Å². The Kier molecular flexibility index (Phi) is 3.58. The predicted octanol–water partition coefficient (Wildman–Crippen LogP) is 0.557. The number of rotatable bonds is 3. The molecule has 1 aliphatic heterocycles. The van der Waals surface area contributed by atoms with Crippen LogP contribution in [0.25, 0.3) is 0 Å². The van der Waals surface area contributed by atoms with Crippen molar-refractivity contribution in [3.05, 3.63) is 23.9 Å². The first-order valence-corrected chi connectivity index (χ1v) is 5.80. The summed E-state index contributed by atoms with van der Waals surface area (Å²) in [4.78, 5) is 15.3. The Morgan fingerprint density at radius 2 is 2.47 bits per heavy atom. The SMILES string of the molecule is CC1CCNCC1Oc1ncccc1C(N)=O. The van der Waals surface area contributed by atoms with Crippen LogP contribution in [0.2, 0.25) is 0 Å². The van der Waals surface area contributed by atoms with Gasteiger partial charge in [0.1, 0.15) is 11.7 Å². The quantitative estimate of drug-likeness (QED) is 0.802. The Labute approximate surface area is 100 Å². The molecule has 0 radical (unpaired) electrons. The molecule has 0 aromatic carbocycles. The molecule has 2 rings (SSSR count). The van der Waals surface area contributed by atoms with Crippen LogP contribution >= 0.6 is 0 Å². The molecule has 5 heteroatoms. The average Bonchev–Trinajstić information content (AvgIpc) is 2.32. The summed E-state index contributed by atoms with van der Waals surface area (Å²) in [7, 11) is 0. The van der Waals surface area contributed by atoms with Gasteiger partial charge < -0.3 is 15.8 Å². The van der Waals surface area contributed by atoms with Gasteiger partial charge in [-0.05, 0) is 31.0 Å². The van der Waals surface area contributed by atoms with E-state index in [9.17, 15) is 4.79 Å². The maximum Gasteiger partial charge on any atom is 0.254 e. The van der Waals surface area contributed by atoms with E-state index in [0.29, 0.717) is 17.4 Å². The monoisotopic (exact) mass is 235 g/mol. The third-order valence-electron chi connectivity index (χ3n) is 3.06. The first-order chi connectivity index (χ1) is 8.18. The number of carbonyl (C=O) groups is 1. The maximum atomic E-state index is 11.2. The number of nitrogens with zero attached hydrogens (tertiary/aromatic N) is 1. The van der Waals surface area contributed by atoms with Crippen LogP contribution in [0.1, 0.15) is 23.7 Å². The third-order valence-corrected chi connectivity index (χ3v) is 3.06. The van der Waals surface area contributed by atoms with Crippen LogP contribution in [-0.4, -0.2) is 30.1 Å². The van der Waals surface area contributed by atoms with Crippen LogP contribution in [-0.2, 0) is 0 Å². The van der Waals surface area contributed by atoms with Crippen molar-refractivity contribution in [2.45, 2.75) is 19.4 Å². The molecule has 1 aromatic heterocycles. The molecule has 2 atom stereocenters. The highest BCUT2D eigenvalue weighted by atomic mass is 16.5. The predicted molar refractivity (Wildman–Crippen MR) is 63.8 cm³/mol. The third kappa shape index (κ3) is 2.74. The van der Waals surface area contributed by atoms with Crippen molar-refractivity contribution < 1.29 is 9.53 Å². The normalized spacial score (nSPS) is 24.3. The van der Waals surface area contributed by atoms with Gasteiger partial charge in [0.25, 0.3) is 5.91 Å². The molecule has 92 valence electrons. The van der Waals surface area contributed by atoms with Crippen LogP contribution < -0.4 is 15.8 Å². The van der Waals surface area contributed by atoms with Gasteiger partial charge in [0.05, 0.1) is 0 Å². The lowest BCUT2D eigenvalue weighted by atomic mass is 9.97. The molecule has 0 saturated carbocycles. The molecule has 1 aliphatic rings. The molecule has 5 nitrogen and oxygen atoms in total. The Hall–Kier alpha value is -1.62. The number of ether oxygens (including phenoxy) is 1. The fraction of sp³-hybridized carbons (Fsp3) is 0.500. The fourth-order valence-corrected chi connectivity index (χ4v) is 1.93. The minimum absolute atomic E-state index is 0.0387. The highest BCUT2D eigenvalue weighted by molar-refractivity contribution is 5.94. The molecule has 2 heterocycles. The van der Waals surface area contributed by atoms with E-state index < -0.39 is 5.91 Å². The molecule has 3 N–H and O–H groups in total. The number of piperidine rings is 1. The summed E-state index contributed by atoms with van der Waals surface area (Å²) >= 11 is 0. The van der Waals surface area contributed by atoms with Gasteiger partial charge in [-0.15, -0.1) is 0 Å². The van der Waals surface area contributed by atoms with E-state index >= 15 is 0 Å². The maximum absolute atomic E-state index is 11.2. The number of hydrogen-bond donors (Lipinski definition) is 2. The Balaban J connectivity index is 2.14. The van der Waals surface area contributed by atoms with E-state index in [-0.39, 0.29) is 6.10 Å². The van der Waals surface area contributed by atoms with Gasteiger partial charge in [0, 0.05) is 12.7 Å². The summed E-state index contributed by atoms with van der Waals surface area (Å²) in [6, 6.07) is 3.31. The van der Waals surface area contributed by atoms with Crippen LogP contribution in [0.3, 0.4) is 0 Å². The average molecular weight is 235 g/mol. The number of aromatic nitrogens is 1. The Morgan fingerprint density at radius 1 is 1.65 bits per heavy atom. The van der Waals surface area contributed by atoms with E-state index in [4.69, 9.17) is 10.5 Å². The summed E-state index contributed by atoms with van der Waals surface area (Å²) in [5.41, 5.74) is 5.62. The lowest BCUT2D eigenvalue weighted by Gasteiger charge is -2.29. The summed E-state index contributed by atoms with van der Waals surface area (Å²) < 4.78 is 5.79. The number of nitrogens with one attached hydrogen (secondary N) is 1. The number of amides is 1. The zero-order valence-electron chi connectivity index (χ0n) is 9.85. The molecule has 1 aromatic rings. The topological polar surface area (TPSA) is 77.2 Å². The van der Waals surface area contributed by atoms with Gasteiger partial charge in [0.15, 0.2) is 0 Å². The van der Waals surface area contributed by atoms with Crippen LogP contribution in [0.4, 0.5) is 0 Å². The molecular formula is C12H17N3O2. The first kappa shape index (κ1) is 11.9. The molecule has 0 bridgehead atoms. The molecule has 0 spiro atoms. The molecule has 1 amide bonds. The number of primary amides is 1. The minimum atomic E-state index is -0.510. The fourth-order valence-electron chi connectivity index (χ4n) is 1.93. The summed E-state index contributed by atoms with van der Waals surface area (Å²) in [5.74, 6) is 0.268. The van der Waals surface area contributed by atoms with E-state index in [1.54, 1.807) is 18.3 Å². The second kappa shape index (κ2) is 5.14. The number of hydrogen-bond acceptors (Lipinski definition) is 4. The van der Waals surface area contributed by atoms with Gasteiger partial charge in [-0.1, -0.05) is 6.92 Å². The van der Waals surface area contributed by atoms with Crippen molar-refractivity contribution in [1.82, 2.24) is 10.3 Å². The van der Waals surface area contributed by atoms with Crippen molar-refractivity contribution >= 4 is 5.91 Å². The van der Waals surface area contributed by atoms with Gasteiger partial charge in [-0.3, -0.25) is 4.79 Å². The second-order valence-electron chi connectivity index (χ2n) is 4.35. The minimum Gasteiger partial charge on any atom is -0.472 e. The van der Waals surface area contributed by atoms with Crippen molar-refractivity contribution in [3.63, 3.8) is 0 Å². The highest BCUT2D eigenvalue weighted by Gasteiger charge is 2.24. The van der Waals surface area contributed by atoms with Gasteiger partial charge in [-0.2, -0.15) is 0 Å². The first-order valence-electron chi connectivity index (χ1n) is 5.80. The summed E-state index contributed by atoms with van der Waals surface area (Å²) in [5, 5.41) is 3.27. The number of pyridine rings is 1. The van der Waals surface area contributed by atoms with Crippen LogP contribution in [0.5, 0.6) is 5.88 Å². The van der Waals surface area contributed by atoms with Gasteiger partial charge in [-0.25, -0.2) is 4.98 Å². The van der Waals surface area contributed by atoms with Crippen LogP contribution in [0.15, 0.2) is 18.3 Å². The number of nitrogens with two attached hydrogens (primary N) is 1. The molecule has 1 fully saturated rings. The highest BCUT2D eigenvalue weighted by Crippen LogP contribution is 2.20. The summed E-state index contributed by atoms with van der Waals surface area (Å²) in [6.45, 7) is 3.92. The van der Waals surface area contributed by atoms with E-state index in [1.165, 1.54) is 0 Å². The zero-order chi connectivity index (χ0) is 12.3. The zero-order valence-corrected chi connectivity index (χ0v) is 9.85. The van der Waals surface area contributed by atoms with Crippen LogP contribution in [0, 0.1) is 5.92 Å². The van der Waals surface area contributed by atoms with Crippen molar-refractivity contribution in [3.8, 4) is 5.88 Å². The number of carbonyl (C=O) groups excluding carboxylic acids is 1. The largest absolute Gasteiger partial charge is 0.472 e. The molecule has 2 unspecified atom stereocenters. The summed E-state index contributed by atoms with van der Waals surface area (Å²) in [6.07, 6.45) is 2.70. The van der Waals surface area contributed by atoms with Crippen molar-refractivity contribution in [2.75, 3.05) is 13.1 Å². The lowest BCUT2D eigenvalue weighted by molar-refractivity contribution is 0.0952. The van der Waals surface area contributed by atoms with Crippen molar-refractivity contribution in [1.29, 1.82) is 0 Å². The van der Waals surface area contributed by atoms with Gasteiger partial charge in [0.2, 0.25) is 5.88 Å². The lowest BCUT2D eigenvalue weighted by Crippen LogP contribution is -2.43. The smallest absolute Gasteiger partial charge is 0.254 e. The van der Waals surface area contributed by atoms with E-state index in [1.807, 2.05) is 0 Å². The van der Waals surface area contributed by atoms with E-state index in [2.05, 4.69) is 17.2 Å². The molecule has 1 saturated heterocycles. The molecular weight excluding hydrogens is 218 g/mol. The molecule has 0 aliphatic carbocycles. The molecule has 17 heavy (non-hydrogen) atoms. The Morgan fingerprint density at radius 3 is 3.18 bits per heavy atom.